The predicted molar refractivity (Wildman–Crippen MR) is 64.0 cm³/mol. The first-order chi connectivity index (χ1) is 8.31. The highest BCUT2D eigenvalue weighted by Crippen LogP contribution is 2.51. The number of carbonyl (C=O) groups excluding carboxylic acids is 1. The summed E-state index contributed by atoms with van der Waals surface area (Å²) >= 11 is 0. The molecule has 3 heteroatoms. The van der Waals surface area contributed by atoms with Gasteiger partial charge in [0, 0.05) is 25.0 Å². The predicted octanol–water partition coefficient (Wildman–Crippen LogP) is 2.03. The fourth-order valence-electron chi connectivity index (χ4n) is 2.72. The van der Waals surface area contributed by atoms with Crippen LogP contribution in [0.3, 0.4) is 0 Å². The zero-order valence-electron chi connectivity index (χ0n) is 10.0. The molecule has 0 aromatic heterocycles. The summed E-state index contributed by atoms with van der Waals surface area (Å²) in [4.78, 5) is 14.0. The van der Waals surface area contributed by atoms with Crippen LogP contribution in [0.25, 0.3) is 0 Å². The lowest BCUT2D eigenvalue weighted by molar-refractivity contribution is -0.141. The number of amides is 1. The van der Waals surface area contributed by atoms with E-state index in [4.69, 9.17) is 4.74 Å². The number of hydrogen-bond donors (Lipinski definition) is 0. The molecule has 1 aliphatic carbocycles. The summed E-state index contributed by atoms with van der Waals surface area (Å²) in [7, 11) is 0. The summed E-state index contributed by atoms with van der Waals surface area (Å²) in [5, 5.41) is 0. The molecule has 1 aromatic rings. The van der Waals surface area contributed by atoms with Crippen molar-refractivity contribution >= 4 is 5.91 Å². The molecule has 17 heavy (non-hydrogen) atoms. The molecule has 1 heterocycles. The Balaban J connectivity index is 1.75. The highest BCUT2D eigenvalue weighted by molar-refractivity contribution is 5.85. The Labute approximate surface area is 101 Å². The first-order valence-electron chi connectivity index (χ1n) is 6.27. The minimum Gasteiger partial charge on any atom is -0.358 e. The number of nitrogens with zero attached hydrogens (tertiary/aromatic N) is 1. The highest BCUT2D eigenvalue weighted by atomic mass is 16.5. The van der Waals surface area contributed by atoms with E-state index in [0.29, 0.717) is 19.1 Å². The number of hydrogen-bond acceptors (Lipinski definition) is 2. The molecule has 1 aliphatic heterocycles. The van der Waals surface area contributed by atoms with Gasteiger partial charge in [0.15, 0.2) is 0 Å². The molecule has 0 N–H and O–H groups in total. The molecule has 1 saturated heterocycles. The normalized spacial score (nSPS) is 30.5. The summed E-state index contributed by atoms with van der Waals surface area (Å²) in [6, 6.07) is 10.1. The van der Waals surface area contributed by atoms with Crippen LogP contribution in [-0.2, 0) is 16.1 Å². The van der Waals surface area contributed by atoms with Gasteiger partial charge in [-0.2, -0.15) is 0 Å². The average Bonchev–Trinajstić information content (AvgIpc) is 3.09. The van der Waals surface area contributed by atoms with Crippen molar-refractivity contribution in [1.82, 2.24) is 4.90 Å². The minimum atomic E-state index is 0.0118. The van der Waals surface area contributed by atoms with Crippen molar-refractivity contribution in [1.29, 1.82) is 0 Å². The molecule has 2 aliphatic rings. The van der Waals surface area contributed by atoms with E-state index in [1.54, 1.807) is 0 Å². The first-order valence-corrected chi connectivity index (χ1v) is 6.27. The Morgan fingerprint density at radius 1 is 1.35 bits per heavy atom. The van der Waals surface area contributed by atoms with Crippen molar-refractivity contribution in [3.8, 4) is 0 Å². The zero-order valence-corrected chi connectivity index (χ0v) is 10.0. The Bertz CT molecular complexity index is 417. The molecule has 1 aromatic carbocycles. The molecule has 0 radical (unpaired) electrons. The summed E-state index contributed by atoms with van der Waals surface area (Å²) < 4.78 is 5.72. The van der Waals surface area contributed by atoms with Gasteiger partial charge in [-0.25, -0.2) is 0 Å². The molecule has 2 fully saturated rings. The van der Waals surface area contributed by atoms with Gasteiger partial charge in [0.2, 0.25) is 5.91 Å². The van der Waals surface area contributed by atoms with Gasteiger partial charge >= 0.3 is 0 Å². The molecule has 0 bridgehead atoms. The summed E-state index contributed by atoms with van der Waals surface area (Å²) in [5.41, 5.74) is 1.17. The molecule has 3 nitrogen and oxygen atoms in total. The lowest BCUT2D eigenvalue weighted by Gasteiger charge is -2.27. The summed E-state index contributed by atoms with van der Waals surface area (Å²) in [6.45, 7) is 3.34. The van der Waals surface area contributed by atoms with E-state index in [0.717, 1.165) is 6.42 Å². The van der Waals surface area contributed by atoms with E-state index in [2.05, 4.69) is 12.1 Å². The minimum absolute atomic E-state index is 0.0118. The average molecular weight is 231 g/mol. The van der Waals surface area contributed by atoms with Crippen LogP contribution in [0, 0.1) is 11.8 Å². The number of fused-ring (bicyclic) bond motifs is 1. The van der Waals surface area contributed by atoms with Crippen LogP contribution in [0.15, 0.2) is 30.3 Å². The Morgan fingerprint density at radius 2 is 2.12 bits per heavy atom. The van der Waals surface area contributed by atoms with Crippen molar-refractivity contribution < 1.29 is 9.53 Å². The molecule has 90 valence electrons. The maximum atomic E-state index is 12.1. The van der Waals surface area contributed by atoms with Gasteiger partial charge in [0.25, 0.3) is 0 Å². The Hall–Kier alpha value is -1.35. The standard InChI is InChI=1S/C14H17NO2/c1-2-17-14-12-8-11(12)13(16)15(14)9-10-6-4-3-5-7-10/h3-7,11-12,14H,2,8-9H2,1H3/t11-,12+,14-/m0/s1. The number of likely N-dealkylation sites (tertiary alicyclic amines) is 1. The van der Waals surface area contributed by atoms with Gasteiger partial charge < -0.3 is 9.64 Å². The van der Waals surface area contributed by atoms with Gasteiger partial charge in [0.1, 0.15) is 6.23 Å². The van der Waals surface area contributed by atoms with Crippen LogP contribution < -0.4 is 0 Å². The lowest BCUT2D eigenvalue weighted by Crippen LogP contribution is -2.38. The quantitative estimate of drug-likeness (QED) is 0.793. The van der Waals surface area contributed by atoms with Crippen LogP contribution in [-0.4, -0.2) is 23.6 Å². The van der Waals surface area contributed by atoms with E-state index < -0.39 is 0 Å². The third kappa shape index (κ3) is 1.84. The van der Waals surface area contributed by atoms with E-state index in [9.17, 15) is 4.79 Å². The number of carbonyl (C=O) groups is 1. The third-order valence-corrected chi connectivity index (χ3v) is 3.65. The van der Waals surface area contributed by atoms with E-state index in [1.165, 1.54) is 5.56 Å². The number of rotatable bonds is 4. The SMILES string of the molecule is CCO[C@H]1[C@@H]2C[C@@H]2C(=O)N1Cc1ccccc1. The van der Waals surface area contributed by atoms with E-state index in [1.807, 2.05) is 30.0 Å². The molecular formula is C14H17NO2. The fraction of sp³-hybridized carbons (Fsp3) is 0.500. The second-order valence-electron chi connectivity index (χ2n) is 4.80. The molecule has 3 atom stereocenters. The zero-order chi connectivity index (χ0) is 11.8. The van der Waals surface area contributed by atoms with E-state index in [-0.39, 0.29) is 18.1 Å². The molecule has 1 saturated carbocycles. The van der Waals surface area contributed by atoms with Gasteiger partial charge in [-0.3, -0.25) is 4.79 Å². The van der Waals surface area contributed by atoms with Crippen LogP contribution in [0.5, 0.6) is 0 Å². The van der Waals surface area contributed by atoms with Gasteiger partial charge in [-0.05, 0) is 18.9 Å². The smallest absolute Gasteiger partial charge is 0.228 e. The summed E-state index contributed by atoms with van der Waals surface area (Å²) in [5.74, 6) is 0.971. The van der Waals surface area contributed by atoms with E-state index >= 15 is 0 Å². The number of piperidine rings is 1. The third-order valence-electron chi connectivity index (χ3n) is 3.65. The second-order valence-corrected chi connectivity index (χ2v) is 4.80. The van der Waals surface area contributed by atoms with Gasteiger partial charge in [-0.1, -0.05) is 30.3 Å². The largest absolute Gasteiger partial charge is 0.358 e. The van der Waals surface area contributed by atoms with Crippen molar-refractivity contribution in [3.63, 3.8) is 0 Å². The summed E-state index contributed by atoms with van der Waals surface area (Å²) in [6.07, 6.45) is 1.03. The van der Waals surface area contributed by atoms with Crippen LogP contribution in [0.4, 0.5) is 0 Å². The number of benzene rings is 1. The van der Waals surface area contributed by atoms with Crippen molar-refractivity contribution in [2.24, 2.45) is 11.8 Å². The molecule has 0 unspecified atom stereocenters. The molecule has 0 spiro atoms. The van der Waals surface area contributed by atoms with Crippen LogP contribution in [0.1, 0.15) is 18.9 Å². The lowest BCUT2D eigenvalue weighted by atomic mass is 10.2. The van der Waals surface area contributed by atoms with Crippen LogP contribution >= 0.6 is 0 Å². The fourth-order valence-corrected chi connectivity index (χ4v) is 2.72. The van der Waals surface area contributed by atoms with Gasteiger partial charge in [-0.15, -0.1) is 0 Å². The first kappa shape index (κ1) is 10.8. The van der Waals surface area contributed by atoms with Crippen molar-refractivity contribution in [2.45, 2.75) is 26.1 Å². The Morgan fingerprint density at radius 3 is 2.82 bits per heavy atom. The van der Waals surface area contributed by atoms with Gasteiger partial charge in [0.05, 0.1) is 0 Å². The molecule has 1 amide bonds. The topological polar surface area (TPSA) is 29.5 Å². The maximum absolute atomic E-state index is 12.1. The van der Waals surface area contributed by atoms with Crippen molar-refractivity contribution in [3.05, 3.63) is 35.9 Å². The van der Waals surface area contributed by atoms with Crippen molar-refractivity contribution in [2.75, 3.05) is 6.61 Å². The molecule has 3 rings (SSSR count). The number of ether oxygens (including phenoxy) is 1. The highest BCUT2D eigenvalue weighted by Gasteiger charge is 2.59. The monoisotopic (exact) mass is 231 g/mol. The second kappa shape index (κ2) is 4.15. The Kier molecular flexibility index (Phi) is 2.63. The maximum Gasteiger partial charge on any atom is 0.228 e. The molecular weight excluding hydrogens is 214 g/mol. The van der Waals surface area contributed by atoms with Crippen LogP contribution in [0.2, 0.25) is 0 Å².